The van der Waals surface area contributed by atoms with Gasteiger partial charge in [-0.05, 0) is 75.3 Å². The molecule has 2 fully saturated rings. The first-order chi connectivity index (χ1) is 9.93. The zero-order chi connectivity index (χ0) is 15.0. The standard InChI is InChI=1S/C18H31N3/c1-13-9-17(21(4)20-13)10-15-11-18(2,3)8-7-14(15)12-19-16-5-6-16/h9,14-16,19H,5-8,10-12H2,1-4H3. The molecule has 0 amide bonds. The lowest BCUT2D eigenvalue weighted by Gasteiger charge is -2.41. The summed E-state index contributed by atoms with van der Waals surface area (Å²) < 4.78 is 2.09. The number of aromatic nitrogens is 2. The van der Waals surface area contributed by atoms with Gasteiger partial charge in [-0.1, -0.05) is 13.8 Å². The predicted molar refractivity (Wildman–Crippen MR) is 87.3 cm³/mol. The minimum atomic E-state index is 0.508. The minimum absolute atomic E-state index is 0.508. The Bertz CT molecular complexity index is 483. The normalized spacial score (nSPS) is 28.8. The van der Waals surface area contributed by atoms with Crippen LogP contribution in [0.5, 0.6) is 0 Å². The molecule has 1 N–H and O–H groups in total. The molecule has 2 saturated carbocycles. The summed E-state index contributed by atoms with van der Waals surface area (Å²) in [7, 11) is 2.09. The molecule has 0 radical (unpaired) electrons. The molecule has 2 aliphatic carbocycles. The van der Waals surface area contributed by atoms with E-state index in [1.807, 2.05) is 0 Å². The summed E-state index contributed by atoms with van der Waals surface area (Å²) in [5.74, 6) is 1.64. The van der Waals surface area contributed by atoms with Crippen LogP contribution in [0.2, 0.25) is 0 Å². The van der Waals surface area contributed by atoms with Gasteiger partial charge < -0.3 is 5.32 Å². The van der Waals surface area contributed by atoms with Crippen molar-refractivity contribution >= 4 is 0 Å². The van der Waals surface area contributed by atoms with Crippen LogP contribution in [0.25, 0.3) is 0 Å². The summed E-state index contributed by atoms with van der Waals surface area (Å²) in [5.41, 5.74) is 3.07. The van der Waals surface area contributed by atoms with Gasteiger partial charge in [0.2, 0.25) is 0 Å². The average Bonchev–Trinajstić information content (AvgIpc) is 3.15. The fourth-order valence-electron chi connectivity index (χ4n) is 4.03. The van der Waals surface area contributed by atoms with Crippen LogP contribution in [-0.4, -0.2) is 22.4 Å². The van der Waals surface area contributed by atoms with Crippen molar-refractivity contribution in [2.45, 2.75) is 65.3 Å². The Morgan fingerprint density at radius 2 is 2.05 bits per heavy atom. The maximum Gasteiger partial charge on any atom is 0.0596 e. The highest BCUT2D eigenvalue weighted by Gasteiger charge is 2.36. The van der Waals surface area contributed by atoms with Gasteiger partial charge in [0.1, 0.15) is 0 Å². The molecule has 0 aromatic carbocycles. The molecule has 3 rings (SSSR count). The van der Waals surface area contributed by atoms with Gasteiger partial charge in [-0.2, -0.15) is 5.10 Å². The van der Waals surface area contributed by atoms with Gasteiger partial charge in [0.15, 0.2) is 0 Å². The van der Waals surface area contributed by atoms with E-state index in [0.717, 1.165) is 23.6 Å². The Morgan fingerprint density at radius 1 is 1.29 bits per heavy atom. The highest BCUT2D eigenvalue weighted by molar-refractivity contribution is 5.10. The van der Waals surface area contributed by atoms with E-state index >= 15 is 0 Å². The molecule has 2 atom stereocenters. The summed E-state index contributed by atoms with van der Waals surface area (Å²) in [5, 5.41) is 8.29. The first-order valence-corrected chi connectivity index (χ1v) is 8.66. The van der Waals surface area contributed by atoms with E-state index in [0.29, 0.717) is 5.41 Å². The molecular weight excluding hydrogens is 258 g/mol. The first kappa shape index (κ1) is 15.1. The Balaban J connectivity index is 1.67. The molecule has 21 heavy (non-hydrogen) atoms. The van der Waals surface area contributed by atoms with E-state index < -0.39 is 0 Å². The van der Waals surface area contributed by atoms with E-state index in [-0.39, 0.29) is 0 Å². The summed E-state index contributed by atoms with van der Waals surface area (Å²) in [6.07, 6.45) is 8.10. The lowest BCUT2D eigenvalue weighted by molar-refractivity contribution is 0.114. The van der Waals surface area contributed by atoms with Crippen molar-refractivity contribution in [1.82, 2.24) is 15.1 Å². The Morgan fingerprint density at radius 3 is 2.67 bits per heavy atom. The number of nitrogens with one attached hydrogen (secondary N) is 1. The number of hydrogen-bond acceptors (Lipinski definition) is 2. The zero-order valence-corrected chi connectivity index (χ0v) is 14.2. The van der Waals surface area contributed by atoms with Crippen molar-refractivity contribution in [1.29, 1.82) is 0 Å². The minimum Gasteiger partial charge on any atom is -0.314 e. The van der Waals surface area contributed by atoms with E-state index in [2.05, 4.69) is 49.0 Å². The smallest absolute Gasteiger partial charge is 0.0596 e. The molecule has 3 heteroatoms. The second-order valence-corrected chi connectivity index (χ2v) is 8.21. The van der Waals surface area contributed by atoms with Crippen molar-refractivity contribution in [2.75, 3.05) is 6.54 Å². The van der Waals surface area contributed by atoms with Gasteiger partial charge in [-0.25, -0.2) is 0 Å². The molecule has 1 aromatic heterocycles. The lowest BCUT2D eigenvalue weighted by Crippen LogP contribution is -2.37. The first-order valence-electron chi connectivity index (χ1n) is 8.66. The van der Waals surface area contributed by atoms with Crippen molar-refractivity contribution < 1.29 is 0 Å². The fourth-order valence-corrected chi connectivity index (χ4v) is 4.03. The number of aryl methyl sites for hydroxylation is 2. The third-order valence-corrected chi connectivity index (χ3v) is 5.49. The summed E-state index contributed by atoms with van der Waals surface area (Å²) in [6.45, 7) is 8.21. The van der Waals surface area contributed by atoms with Crippen LogP contribution in [0.1, 0.15) is 57.3 Å². The molecule has 0 aliphatic heterocycles. The molecule has 2 aliphatic rings. The maximum atomic E-state index is 4.52. The molecule has 3 nitrogen and oxygen atoms in total. The number of rotatable bonds is 5. The van der Waals surface area contributed by atoms with E-state index in [1.54, 1.807) is 0 Å². The number of nitrogens with zero attached hydrogens (tertiary/aromatic N) is 2. The predicted octanol–water partition coefficient (Wildman–Crippen LogP) is 3.47. The van der Waals surface area contributed by atoms with Crippen LogP contribution in [0, 0.1) is 24.2 Å². The molecule has 0 spiro atoms. The molecule has 1 aromatic rings. The van der Waals surface area contributed by atoms with Crippen LogP contribution in [0.4, 0.5) is 0 Å². The second-order valence-electron chi connectivity index (χ2n) is 8.21. The summed E-state index contributed by atoms with van der Waals surface area (Å²) in [4.78, 5) is 0. The van der Waals surface area contributed by atoms with E-state index in [4.69, 9.17) is 0 Å². The van der Waals surface area contributed by atoms with Gasteiger partial charge in [-0.15, -0.1) is 0 Å². The third kappa shape index (κ3) is 3.88. The van der Waals surface area contributed by atoms with Crippen molar-refractivity contribution in [3.63, 3.8) is 0 Å². The van der Waals surface area contributed by atoms with Crippen molar-refractivity contribution in [2.24, 2.45) is 24.3 Å². The topological polar surface area (TPSA) is 29.9 Å². The number of hydrogen-bond donors (Lipinski definition) is 1. The zero-order valence-electron chi connectivity index (χ0n) is 14.2. The highest BCUT2D eigenvalue weighted by atomic mass is 15.3. The van der Waals surface area contributed by atoms with Crippen molar-refractivity contribution in [3.8, 4) is 0 Å². The fraction of sp³-hybridized carbons (Fsp3) is 0.833. The maximum absolute atomic E-state index is 4.52. The molecule has 2 unspecified atom stereocenters. The monoisotopic (exact) mass is 289 g/mol. The van der Waals surface area contributed by atoms with Gasteiger partial charge in [0.25, 0.3) is 0 Å². The van der Waals surface area contributed by atoms with Crippen LogP contribution in [0.15, 0.2) is 6.07 Å². The molecule has 118 valence electrons. The van der Waals surface area contributed by atoms with Crippen molar-refractivity contribution in [3.05, 3.63) is 17.5 Å². The molecule has 1 heterocycles. The Kier molecular flexibility index (Phi) is 4.13. The quantitative estimate of drug-likeness (QED) is 0.899. The Hall–Kier alpha value is -0.830. The molecule has 0 saturated heterocycles. The van der Waals surface area contributed by atoms with Gasteiger partial charge in [0, 0.05) is 18.8 Å². The van der Waals surface area contributed by atoms with Crippen LogP contribution < -0.4 is 5.32 Å². The molecule has 0 bridgehead atoms. The van der Waals surface area contributed by atoms with E-state index in [1.165, 1.54) is 50.8 Å². The van der Waals surface area contributed by atoms with Gasteiger partial charge >= 0.3 is 0 Å². The van der Waals surface area contributed by atoms with Crippen LogP contribution in [-0.2, 0) is 13.5 Å². The third-order valence-electron chi connectivity index (χ3n) is 5.49. The Labute approximate surface area is 129 Å². The summed E-state index contributed by atoms with van der Waals surface area (Å²) >= 11 is 0. The average molecular weight is 289 g/mol. The second kappa shape index (κ2) is 5.75. The summed E-state index contributed by atoms with van der Waals surface area (Å²) in [6, 6.07) is 3.10. The largest absolute Gasteiger partial charge is 0.314 e. The van der Waals surface area contributed by atoms with Crippen LogP contribution >= 0.6 is 0 Å². The van der Waals surface area contributed by atoms with Gasteiger partial charge in [0.05, 0.1) is 5.69 Å². The SMILES string of the molecule is Cc1cc(CC2CC(C)(C)CCC2CNC2CC2)n(C)n1. The highest BCUT2D eigenvalue weighted by Crippen LogP contribution is 2.43. The van der Waals surface area contributed by atoms with Crippen LogP contribution in [0.3, 0.4) is 0 Å². The molecular formula is C18H31N3. The lowest BCUT2D eigenvalue weighted by atomic mass is 9.66. The van der Waals surface area contributed by atoms with Gasteiger partial charge in [-0.3, -0.25) is 4.68 Å². The van der Waals surface area contributed by atoms with E-state index in [9.17, 15) is 0 Å².